The Hall–Kier alpha value is -2.66. The van der Waals surface area contributed by atoms with Gasteiger partial charge in [-0.2, -0.15) is 0 Å². The molecule has 0 spiro atoms. The Morgan fingerprint density at radius 1 is 1.41 bits per heavy atom. The Balaban J connectivity index is 1.95. The second kappa shape index (κ2) is 5.27. The molecule has 3 heterocycles. The van der Waals surface area contributed by atoms with E-state index in [2.05, 4.69) is 15.3 Å². The van der Waals surface area contributed by atoms with Gasteiger partial charge < -0.3 is 0 Å². The van der Waals surface area contributed by atoms with E-state index in [0.29, 0.717) is 22.0 Å². The van der Waals surface area contributed by atoms with Crippen LogP contribution in [0.25, 0.3) is 4.96 Å². The Kier molecular flexibility index (Phi) is 3.42. The van der Waals surface area contributed by atoms with Gasteiger partial charge in [-0.1, -0.05) is 0 Å². The van der Waals surface area contributed by atoms with Crippen LogP contribution in [-0.2, 0) is 0 Å². The number of nitro groups is 1. The highest BCUT2D eigenvalue weighted by molar-refractivity contribution is 7.18. The van der Waals surface area contributed by atoms with E-state index in [4.69, 9.17) is 0 Å². The van der Waals surface area contributed by atoms with Gasteiger partial charge in [0.15, 0.2) is 10.1 Å². The lowest BCUT2D eigenvalue weighted by Gasteiger charge is -2.01. The molecule has 0 radical (unpaired) electrons. The molecule has 0 atom stereocenters. The summed E-state index contributed by atoms with van der Waals surface area (Å²) in [5.74, 6) is -0.707. The number of aromatic nitrogens is 3. The molecule has 0 aromatic carbocycles. The maximum Gasteiger partial charge on any atom is 0.345 e. The van der Waals surface area contributed by atoms with Crippen molar-refractivity contribution in [2.45, 2.75) is 6.92 Å². The highest BCUT2D eigenvalue weighted by Gasteiger charge is 2.18. The first-order valence-electron chi connectivity index (χ1n) is 5.85. The summed E-state index contributed by atoms with van der Waals surface area (Å²) in [6, 6.07) is 0. The fourth-order valence-corrected chi connectivity index (χ4v) is 3.21. The molecular formula is C11H7N5O4S2. The molecule has 3 aromatic rings. The quantitative estimate of drug-likeness (QED) is 0.573. The molecule has 1 amide bonds. The second-order valence-corrected chi connectivity index (χ2v) is 6.03. The SMILES string of the molecule is Cc1csc2ncc(C(=O)Nc3ncc([N+](=O)[O-])s3)c(=O)n12. The van der Waals surface area contributed by atoms with Crippen molar-refractivity contribution in [1.29, 1.82) is 0 Å². The van der Waals surface area contributed by atoms with E-state index in [0.717, 1.165) is 6.20 Å². The molecule has 0 saturated heterocycles. The third kappa shape index (κ3) is 2.35. The summed E-state index contributed by atoms with van der Waals surface area (Å²) in [5.41, 5.74) is 0.0289. The predicted molar refractivity (Wildman–Crippen MR) is 80.8 cm³/mol. The summed E-state index contributed by atoms with van der Waals surface area (Å²) in [6.45, 7) is 1.73. The minimum Gasteiger partial charge on any atom is -0.297 e. The third-order valence-corrected chi connectivity index (χ3v) is 4.58. The lowest BCUT2D eigenvalue weighted by Crippen LogP contribution is -2.26. The smallest absolute Gasteiger partial charge is 0.297 e. The molecule has 22 heavy (non-hydrogen) atoms. The lowest BCUT2D eigenvalue weighted by molar-refractivity contribution is -0.380. The second-order valence-electron chi connectivity index (χ2n) is 4.19. The zero-order valence-electron chi connectivity index (χ0n) is 11.0. The van der Waals surface area contributed by atoms with Gasteiger partial charge in [-0.05, 0) is 18.3 Å². The molecule has 3 aromatic heterocycles. The fourth-order valence-electron chi connectivity index (χ4n) is 1.75. The Bertz CT molecular complexity index is 957. The number of carbonyl (C=O) groups is 1. The number of aryl methyl sites for hydroxylation is 1. The van der Waals surface area contributed by atoms with Crippen LogP contribution in [0.15, 0.2) is 22.6 Å². The van der Waals surface area contributed by atoms with E-state index in [9.17, 15) is 19.7 Å². The molecule has 0 aliphatic heterocycles. The summed E-state index contributed by atoms with van der Waals surface area (Å²) in [4.78, 5) is 42.7. The topological polar surface area (TPSA) is 120 Å². The number of nitrogens with one attached hydrogen (secondary N) is 1. The molecule has 3 rings (SSSR count). The summed E-state index contributed by atoms with van der Waals surface area (Å²) in [7, 11) is 0. The summed E-state index contributed by atoms with van der Waals surface area (Å²) < 4.78 is 1.34. The number of thiazole rings is 2. The van der Waals surface area contributed by atoms with Gasteiger partial charge in [-0.25, -0.2) is 9.97 Å². The lowest BCUT2D eigenvalue weighted by atomic mass is 10.3. The molecule has 9 nitrogen and oxygen atoms in total. The van der Waals surface area contributed by atoms with Crippen molar-refractivity contribution < 1.29 is 9.72 Å². The van der Waals surface area contributed by atoms with Crippen LogP contribution in [0, 0.1) is 17.0 Å². The first kappa shape index (κ1) is 14.3. The number of hydrogen-bond donors (Lipinski definition) is 1. The number of nitrogens with zero attached hydrogens (tertiary/aromatic N) is 4. The van der Waals surface area contributed by atoms with E-state index >= 15 is 0 Å². The molecule has 0 saturated carbocycles. The van der Waals surface area contributed by atoms with Crippen molar-refractivity contribution in [2.24, 2.45) is 0 Å². The van der Waals surface area contributed by atoms with E-state index < -0.39 is 16.4 Å². The molecule has 0 unspecified atom stereocenters. The van der Waals surface area contributed by atoms with E-state index in [1.807, 2.05) is 0 Å². The average Bonchev–Trinajstić information content (AvgIpc) is 3.07. The third-order valence-electron chi connectivity index (χ3n) is 2.75. The van der Waals surface area contributed by atoms with Crippen LogP contribution >= 0.6 is 22.7 Å². The number of anilines is 1. The summed E-state index contributed by atoms with van der Waals surface area (Å²) >= 11 is 2.00. The van der Waals surface area contributed by atoms with E-state index in [1.165, 1.54) is 21.9 Å². The van der Waals surface area contributed by atoms with Crippen molar-refractivity contribution >= 4 is 43.7 Å². The first-order chi connectivity index (χ1) is 10.5. The number of amides is 1. The van der Waals surface area contributed by atoms with Gasteiger partial charge in [0.2, 0.25) is 0 Å². The fraction of sp³-hybridized carbons (Fsp3) is 0.0909. The standard InChI is InChI=1S/C11H7N5O4S2/c1-5-4-21-11-13-2-6(9(18)15(5)11)8(17)14-10-12-3-7(22-10)16(19)20/h2-4H,1H3,(H,12,14,17). The number of fused-ring (bicyclic) bond motifs is 1. The Morgan fingerprint density at radius 2 is 2.18 bits per heavy atom. The zero-order valence-corrected chi connectivity index (χ0v) is 12.6. The zero-order chi connectivity index (χ0) is 15.9. The monoisotopic (exact) mass is 337 g/mol. The normalized spacial score (nSPS) is 10.8. The van der Waals surface area contributed by atoms with Crippen molar-refractivity contribution in [3.05, 3.63) is 49.5 Å². The molecule has 0 fully saturated rings. The predicted octanol–water partition coefficient (Wildman–Crippen LogP) is 1.68. The largest absolute Gasteiger partial charge is 0.345 e. The van der Waals surface area contributed by atoms with Crippen LogP contribution in [0.1, 0.15) is 16.1 Å². The number of carbonyl (C=O) groups excluding carboxylic acids is 1. The van der Waals surface area contributed by atoms with Gasteiger partial charge in [0.25, 0.3) is 11.5 Å². The van der Waals surface area contributed by atoms with E-state index in [1.54, 1.807) is 12.3 Å². The van der Waals surface area contributed by atoms with Gasteiger partial charge >= 0.3 is 5.00 Å². The van der Waals surface area contributed by atoms with E-state index in [-0.39, 0.29) is 15.7 Å². The maximum absolute atomic E-state index is 12.3. The highest BCUT2D eigenvalue weighted by Crippen LogP contribution is 2.25. The molecule has 1 N–H and O–H groups in total. The Labute approximate surface area is 130 Å². The van der Waals surface area contributed by atoms with Gasteiger partial charge in [-0.3, -0.25) is 29.4 Å². The first-order valence-corrected chi connectivity index (χ1v) is 7.54. The summed E-state index contributed by atoms with van der Waals surface area (Å²) in [6.07, 6.45) is 2.22. The van der Waals surface area contributed by atoms with Crippen LogP contribution < -0.4 is 10.9 Å². The van der Waals surface area contributed by atoms with Gasteiger partial charge in [0.05, 0.1) is 4.92 Å². The molecule has 11 heteroatoms. The minimum absolute atomic E-state index is 0.0447. The number of rotatable bonds is 3. The van der Waals surface area contributed by atoms with Crippen molar-refractivity contribution in [1.82, 2.24) is 14.4 Å². The molecular weight excluding hydrogens is 330 g/mol. The minimum atomic E-state index is -0.707. The molecule has 0 aliphatic carbocycles. The average molecular weight is 337 g/mol. The van der Waals surface area contributed by atoms with Gasteiger partial charge in [-0.15, -0.1) is 11.3 Å². The van der Waals surface area contributed by atoms with Crippen LogP contribution in [0.4, 0.5) is 10.1 Å². The van der Waals surface area contributed by atoms with Crippen LogP contribution in [0.3, 0.4) is 0 Å². The van der Waals surface area contributed by atoms with Crippen molar-refractivity contribution in [3.63, 3.8) is 0 Å². The van der Waals surface area contributed by atoms with Gasteiger partial charge in [0, 0.05) is 17.3 Å². The number of hydrogen-bond acceptors (Lipinski definition) is 8. The molecule has 0 aliphatic rings. The Morgan fingerprint density at radius 3 is 2.86 bits per heavy atom. The summed E-state index contributed by atoms with van der Waals surface area (Å²) in [5, 5.41) is 14.5. The molecule has 112 valence electrons. The maximum atomic E-state index is 12.3. The van der Waals surface area contributed by atoms with Crippen molar-refractivity contribution in [3.8, 4) is 0 Å². The van der Waals surface area contributed by atoms with Gasteiger partial charge in [0.1, 0.15) is 11.8 Å². The van der Waals surface area contributed by atoms with Crippen molar-refractivity contribution in [2.75, 3.05) is 5.32 Å². The van der Waals surface area contributed by atoms with Crippen LogP contribution in [0.2, 0.25) is 0 Å². The molecule has 0 bridgehead atoms. The highest BCUT2D eigenvalue weighted by atomic mass is 32.1. The van der Waals surface area contributed by atoms with Crippen LogP contribution in [0.5, 0.6) is 0 Å². The van der Waals surface area contributed by atoms with Crippen LogP contribution in [-0.4, -0.2) is 25.2 Å².